The maximum absolute atomic E-state index is 5.88. The second kappa shape index (κ2) is 2.21. The molecular weight excluding hydrogens is 124 g/mol. The lowest BCUT2D eigenvalue weighted by Crippen LogP contribution is -2.46. The molecule has 2 rings (SSSR count). The standard InChI is InChI=1S/C8H16N2/c1-6-7-2-3-10(6)5-8(9)4-7/h6-8H,2-5,9H2,1H3/t6-,7-,8+/m0/s1. The van der Waals surface area contributed by atoms with E-state index in [0.717, 1.165) is 18.5 Å². The van der Waals surface area contributed by atoms with E-state index in [1.165, 1.54) is 19.4 Å². The summed E-state index contributed by atoms with van der Waals surface area (Å²) >= 11 is 0. The van der Waals surface area contributed by atoms with Gasteiger partial charge in [-0.1, -0.05) is 0 Å². The average Bonchev–Trinajstić information content (AvgIpc) is 2.20. The first kappa shape index (κ1) is 6.62. The van der Waals surface area contributed by atoms with E-state index in [4.69, 9.17) is 5.73 Å². The highest BCUT2D eigenvalue weighted by atomic mass is 15.2. The third-order valence-corrected chi connectivity index (χ3v) is 3.12. The van der Waals surface area contributed by atoms with Crippen LogP contribution in [0.1, 0.15) is 19.8 Å². The van der Waals surface area contributed by atoms with Gasteiger partial charge in [0.15, 0.2) is 0 Å². The first-order valence-electron chi connectivity index (χ1n) is 4.27. The molecule has 10 heavy (non-hydrogen) atoms. The van der Waals surface area contributed by atoms with E-state index < -0.39 is 0 Å². The highest BCUT2D eigenvalue weighted by molar-refractivity contribution is 4.92. The average molecular weight is 140 g/mol. The van der Waals surface area contributed by atoms with Gasteiger partial charge in [-0.05, 0) is 32.2 Å². The van der Waals surface area contributed by atoms with Crippen molar-refractivity contribution >= 4 is 0 Å². The van der Waals surface area contributed by atoms with E-state index in [2.05, 4.69) is 11.8 Å². The van der Waals surface area contributed by atoms with Crippen LogP contribution in [0.3, 0.4) is 0 Å². The van der Waals surface area contributed by atoms with E-state index in [1.54, 1.807) is 0 Å². The van der Waals surface area contributed by atoms with Crippen molar-refractivity contribution in [1.82, 2.24) is 4.90 Å². The quantitative estimate of drug-likeness (QED) is 0.528. The number of hydrogen-bond donors (Lipinski definition) is 1. The summed E-state index contributed by atoms with van der Waals surface area (Å²) in [4.78, 5) is 2.53. The summed E-state index contributed by atoms with van der Waals surface area (Å²) in [5.41, 5.74) is 5.88. The summed E-state index contributed by atoms with van der Waals surface area (Å²) in [6.07, 6.45) is 2.65. The number of piperidine rings is 1. The summed E-state index contributed by atoms with van der Waals surface area (Å²) in [7, 11) is 0. The molecule has 58 valence electrons. The van der Waals surface area contributed by atoms with Crippen molar-refractivity contribution in [3.05, 3.63) is 0 Å². The molecule has 0 saturated carbocycles. The monoisotopic (exact) mass is 140 g/mol. The van der Waals surface area contributed by atoms with Gasteiger partial charge in [-0.25, -0.2) is 0 Å². The molecule has 2 aliphatic heterocycles. The molecule has 0 aromatic carbocycles. The smallest absolute Gasteiger partial charge is 0.0171 e. The third kappa shape index (κ3) is 0.867. The Morgan fingerprint density at radius 1 is 1.50 bits per heavy atom. The van der Waals surface area contributed by atoms with Gasteiger partial charge in [0.05, 0.1) is 0 Å². The molecule has 0 amide bonds. The van der Waals surface area contributed by atoms with E-state index in [9.17, 15) is 0 Å². The maximum Gasteiger partial charge on any atom is 0.0171 e. The van der Waals surface area contributed by atoms with Crippen LogP contribution in [0.25, 0.3) is 0 Å². The molecule has 2 heterocycles. The van der Waals surface area contributed by atoms with Gasteiger partial charge in [-0.15, -0.1) is 0 Å². The highest BCUT2D eigenvalue weighted by Gasteiger charge is 2.36. The number of nitrogens with zero attached hydrogens (tertiary/aromatic N) is 1. The predicted octanol–water partition coefficient (Wildman–Crippen LogP) is 0.428. The minimum absolute atomic E-state index is 0.462. The van der Waals surface area contributed by atoms with Gasteiger partial charge in [0.2, 0.25) is 0 Å². The van der Waals surface area contributed by atoms with Crippen molar-refractivity contribution in [1.29, 1.82) is 0 Å². The normalized spacial score (nSPS) is 53.4. The van der Waals surface area contributed by atoms with Crippen molar-refractivity contribution in [2.24, 2.45) is 11.7 Å². The van der Waals surface area contributed by atoms with E-state index in [1.807, 2.05) is 0 Å². The molecule has 2 N–H and O–H groups in total. The minimum Gasteiger partial charge on any atom is -0.327 e. The summed E-state index contributed by atoms with van der Waals surface area (Å²) in [6.45, 7) is 4.76. The number of rotatable bonds is 0. The molecule has 2 fully saturated rings. The lowest BCUT2D eigenvalue weighted by molar-refractivity contribution is 0.172. The van der Waals surface area contributed by atoms with Crippen LogP contribution in [0.2, 0.25) is 0 Å². The Bertz CT molecular complexity index is 121. The second-order valence-corrected chi connectivity index (χ2v) is 3.78. The summed E-state index contributed by atoms with van der Waals surface area (Å²) in [5, 5.41) is 0. The van der Waals surface area contributed by atoms with Crippen LogP contribution in [0.5, 0.6) is 0 Å². The Morgan fingerprint density at radius 3 is 3.00 bits per heavy atom. The Balaban J connectivity index is 2.09. The van der Waals surface area contributed by atoms with Crippen molar-refractivity contribution in [3.63, 3.8) is 0 Å². The fourth-order valence-corrected chi connectivity index (χ4v) is 2.41. The highest BCUT2D eigenvalue weighted by Crippen LogP contribution is 2.31. The molecule has 0 radical (unpaired) electrons. The zero-order valence-electron chi connectivity index (χ0n) is 6.59. The van der Waals surface area contributed by atoms with Gasteiger partial charge < -0.3 is 5.73 Å². The van der Waals surface area contributed by atoms with Crippen molar-refractivity contribution in [2.75, 3.05) is 13.1 Å². The van der Waals surface area contributed by atoms with Crippen LogP contribution in [0.4, 0.5) is 0 Å². The van der Waals surface area contributed by atoms with Crippen LogP contribution >= 0.6 is 0 Å². The van der Waals surface area contributed by atoms with Crippen LogP contribution < -0.4 is 5.73 Å². The first-order valence-corrected chi connectivity index (χ1v) is 4.27. The molecule has 0 aliphatic carbocycles. The summed E-state index contributed by atoms with van der Waals surface area (Å²) in [6, 6.07) is 1.28. The molecule has 2 nitrogen and oxygen atoms in total. The van der Waals surface area contributed by atoms with Gasteiger partial charge in [0.25, 0.3) is 0 Å². The number of hydrogen-bond acceptors (Lipinski definition) is 2. The largest absolute Gasteiger partial charge is 0.327 e. The minimum atomic E-state index is 0.462. The lowest BCUT2D eigenvalue weighted by Gasteiger charge is -2.33. The molecule has 0 aromatic rings. The van der Waals surface area contributed by atoms with Gasteiger partial charge in [0.1, 0.15) is 0 Å². The molecule has 0 spiro atoms. The number of nitrogens with two attached hydrogens (primary N) is 1. The fourth-order valence-electron chi connectivity index (χ4n) is 2.41. The van der Waals surface area contributed by atoms with Crippen molar-refractivity contribution in [3.8, 4) is 0 Å². The van der Waals surface area contributed by atoms with E-state index in [0.29, 0.717) is 6.04 Å². The van der Waals surface area contributed by atoms with E-state index in [-0.39, 0.29) is 0 Å². The molecule has 1 unspecified atom stereocenters. The van der Waals surface area contributed by atoms with Gasteiger partial charge in [-0.2, -0.15) is 0 Å². The SMILES string of the molecule is C[C@H]1[C@H]2CCN1C[C@H](N)C2. The maximum atomic E-state index is 5.88. The lowest BCUT2D eigenvalue weighted by atomic mass is 9.91. The Hall–Kier alpha value is -0.0800. The Labute approximate surface area is 62.4 Å². The zero-order valence-corrected chi connectivity index (χ0v) is 6.59. The summed E-state index contributed by atoms with van der Waals surface area (Å²) in [5.74, 6) is 0.906. The number of fused-ring (bicyclic) bond motifs is 2. The topological polar surface area (TPSA) is 29.3 Å². The van der Waals surface area contributed by atoms with Crippen LogP contribution in [0, 0.1) is 5.92 Å². The Kier molecular flexibility index (Phi) is 1.46. The van der Waals surface area contributed by atoms with E-state index >= 15 is 0 Å². The van der Waals surface area contributed by atoms with Crippen LogP contribution in [-0.4, -0.2) is 30.1 Å². The van der Waals surface area contributed by atoms with Gasteiger partial charge in [-0.3, -0.25) is 4.90 Å². The molecule has 2 heteroatoms. The Morgan fingerprint density at radius 2 is 2.30 bits per heavy atom. The fraction of sp³-hybridized carbons (Fsp3) is 1.00. The molecule has 2 aliphatic rings. The summed E-state index contributed by atoms with van der Waals surface area (Å²) < 4.78 is 0. The molecule has 0 aromatic heterocycles. The molecule has 2 bridgehead atoms. The zero-order chi connectivity index (χ0) is 7.14. The second-order valence-electron chi connectivity index (χ2n) is 3.78. The molecule has 2 saturated heterocycles. The molecule has 4 atom stereocenters. The van der Waals surface area contributed by atoms with Crippen molar-refractivity contribution < 1.29 is 0 Å². The third-order valence-electron chi connectivity index (χ3n) is 3.12. The molecular formula is C8H16N2. The van der Waals surface area contributed by atoms with Crippen LogP contribution in [-0.2, 0) is 0 Å². The van der Waals surface area contributed by atoms with Gasteiger partial charge >= 0.3 is 0 Å². The van der Waals surface area contributed by atoms with Crippen molar-refractivity contribution in [2.45, 2.75) is 31.8 Å². The van der Waals surface area contributed by atoms with Crippen LogP contribution in [0.15, 0.2) is 0 Å². The first-order chi connectivity index (χ1) is 4.77. The van der Waals surface area contributed by atoms with Gasteiger partial charge in [0, 0.05) is 18.6 Å². The predicted molar refractivity (Wildman–Crippen MR) is 41.7 cm³/mol.